The number of carbonyl (C=O) groups excluding carboxylic acids is 3. The summed E-state index contributed by atoms with van der Waals surface area (Å²) in [5, 5.41) is 35.6. The van der Waals surface area contributed by atoms with E-state index in [0.29, 0.717) is 10.7 Å². The standard InChI is InChI=1S/C25H23ClN8O8S2/c1-33-25(30-31-32-33)44-10-12-9-43-23-18(22(39)34(23)19(12)24(40)41)29-21(38)17(11-2-4-13(35)5-3-11)28-16(36)8-42-15-7-27-6-14(26)20(15)37/h2-7,17-18,23,35H,8-10H2,1H3,(H,27,37)(H,28,36)(H,29,38)(H,40,41)/t17-,18?,23-/m1/s1. The number of hydrogen-bond donors (Lipinski definition) is 5. The summed E-state index contributed by atoms with van der Waals surface area (Å²) in [4.78, 5) is 67.5. The fourth-order valence-electron chi connectivity index (χ4n) is 4.39. The number of aromatic nitrogens is 5. The molecule has 44 heavy (non-hydrogen) atoms. The van der Waals surface area contributed by atoms with Crippen LogP contribution in [0.1, 0.15) is 11.6 Å². The number of aliphatic carboxylic acids is 1. The van der Waals surface area contributed by atoms with Crippen LogP contribution in [-0.4, -0.2) is 93.5 Å². The molecule has 3 amide bonds. The molecular weight excluding hydrogens is 640 g/mol. The number of aromatic amines is 1. The molecule has 2 aromatic heterocycles. The molecule has 0 saturated carbocycles. The lowest BCUT2D eigenvalue weighted by Gasteiger charge is -2.49. The number of halogens is 1. The number of carbonyl (C=O) groups is 4. The number of benzene rings is 1. The van der Waals surface area contributed by atoms with Gasteiger partial charge in [0.2, 0.25) is 16.5 Å². The topological polar surface area (TPSA) is 222 Å². The van der Waals surface area contributed by atoms with E-state index in [9.17, 15) is 34.2 Å². The number of nitrogens with zero attached hydrogens (tertiary/aromatic N) is 5. The minimum atomic E-state index is -1.33. The molecule has 1 saturated heterocycles. The number of thioether (sulfide) groups is 2. The number of β-lactam (4-membered cyclic amide) rings is 1. The lowest BCUT2D eigenvalue weighted by molar-refractivity contribution is -0.151. The van der Waals surface area contributed by atoms with Gasteiger partial charge in [0.1, 0.15) is 33.9 Å². The van der Waals surface area contributed by atoms with Crippen molar-refractivity contribution >= 4 is 58.8 Å². The summed E-state index contributed by atoms with van der Waals surface area (Å²) in [6.07, 6.45) is 2.47. The Morgan fingerprint density at radius 3 is 2.68 bits per heavy atom. The van der Waals surface area contributed by atoms with Crippen molar-refractivity contribution in [3.8, 4) is 11.5 Å². The predicted molar refractivity (Wildman–Crippen MR) is 156 cm³/mol. The highest BCUT2D eigenvalue weighted by Gasteiger charge is 2.54. The van der Waals surface area contributed by atoms with E-state index < -0.39 is 53.2 Å². The fraction of sp³-hybridized carbons (Fsp3) is 0.280. The van der Waals surface area contributed by atoms with Crippen molar-refractivity contribution in [1.29, 1.82) is 0 Å². The van der Waals surface area contributed by atoms with Gasteiger partial charge >= 0.3 is 5.97 Å². The molecule has 19 heteroatoms. The quantitative estimate of drug-likeness (QED) is 0.135. The smallest absolute Gasteiger partial charge is 0.352 e. The molecule has 3 atom stereocenters. The van der Waals surface area contributed by atoms with Gasteiger partial charge < -0.3 is 30.6 Å². The first-order chi connectivity index (χ1) is 21.0. The van der Waals surface area contributed by atoms with Gasteiger partial charge in [-0.15, -0.1) is 16.9 Å². The summed E-state index contributed by atoms with van der Waals surface area (Å²) in [6, 6.07) is 3.05. The summed E-state index contributed by atoms with van der Waals surface area (Å²) in [5.74, 6) is -3.23. The number of fused-ring (bicyclic) bond motifs is 1. The third kappa shape index (κ3) is 6.36. The number of amides is 3. The summed E-state index contributed by atoms with van der Waals surface area (Å²) in [6.45, 7) is -0.641. The van der Waals surface area contributed by atoms with Gasteiger partial charge in [0.15, 0.2) is 12.4 Å². The normalized spacial score (nSPS) is 18.2. The minimum Gasteiger partial charge on any atom is -0.508 e. The zero-order chi connectivity index (χ0) is 31.5. The van der Waals surface area contributed by atoms with Gasteiger partial charge in [-0.1, -0.05) is 35.5 Å². The van der Waals surface area contributed by atoms with Crippen LogP contribution in [0.25, 0.3) is 0 Å². The van der Waals surface area contributed by atoms with E-state index in [1.54, 1.807) is 7.05 Å². The molecule has 1 fully saturated rings. The number of H-pyrrole nitrogens is 1. The molecule has 1 aromatic carbocycles. The Hall–Kier alpha value is -4.55. The average molecular weight is 663 g/mol. The van der Waals surface area contributed by atoms with Crippen LogP contribution in [0.15, 0.2) is 57.9 Å². The van der Waals surface area contributed by atoms with Crippen LogP contribution in [-0.2, 0) is 26.2 Å². The SMILES string of the molecule is Cn1nnnc1SCC1=C(C(=O)O)N2C(=O)C(NC(=O)[C@H](NC(=O)COc3c[nH]cc(Cl)c3=O)c3ccc(O)cc3)[C@H]2SC1. The number of nitrogens with one attached hydrogen (secondary N) is 3. The maximum atomic E-state index is 13.5. The van der Waals surface area contributed by atoms with Crippen molar-refractivity contribution in [1.82, 2.24) is 40.7 Å². The van der Waals surface area contributed by atoms with Gasteiger partial charge in [-0.05, 0) is 33.7 Å². The van der Waals surface area contributed by atoms with Gasteiger partial charge in [0.05, 0.1) is 0 Å². The first kappa shape index (κ1) is 30.9. The minimum absolute atomic E-state index is 0.0800. The number of ether oxygens (including phenoxy) is 1. The van der Waals surface area contributed by atoms with Crippen LogP contribution in [0.3, 0.4) is 0 Å². The van der Waals surface area contributed by atoms with Crippen molar-refractivity contribution in [3.63, 3.8) is 0 Å². The highest BCUT2D eigenvalue weighted by Crippen LogP contribution is 2.41. The molecule has 1 unspecified atom stereocenters. The number of aromatic hydroxyl groups is 1. The van der Waals surface area contributed by atoms with Crippen LogP contribution >= 0.6 is 35.1 Å². The van der Waals surface area contributed by atoms with E-state index >= 15 is 0 Å². The van der Waals surface area contributed by atoms with Crippen LogP contribution in [0.2, 0.25) is 5.02 Å². The second kappa shape index (κ2) is 13.0. The number of phenols is 1. The van der Waals surface area contributed by atoms with Gasteiger partial charge in [-0.25, -0.2) is 9.48 Å². The molecule has 0 spiro atoms. The van der Waals surface area contributed by atoms with Crippen molar-refractivity contribution in [2.45, 2.75) is 22.6 Å². The van der Waals surface area contributed by atoms with Crippen molar-refractivity contribution < 1.29 is 34.1 Å². The Bertz CT molecular complexity index is 1710. The van der Waals surface area contributed by atoms with E-state index in [1.807, 2.05) is 0 Å². The molecule has 16 nitrogen and oxygen atoms in total. The second-order valence-corrected chi connectivity index (χ2v) is 11.9. The van der Waals surface area contributed by atoms with Gasteiger partial charge in [-0.2, -0.15) is 0 Å². The average Bonchev–Trinajstić information content (AvgIpc) is 3.42. The number of pyridine rings is 1. The number of carboxylic acids is 1. The van der Waals surface area contributed by atoms with Crippen LogP contribution in [0, 0.1) is 0 Å². The molecule has 3 aromatic rings. The maximum absolute atomic E-state index is 13.5. The molecular formula is C25H23ClN8O8S2. The molecule has 0 radical (unpaired) electrons. The lowest BCUT2D eigenvalue weighted by atomic mass is 10.0. The number of phenolic OH excluding ortho intramolecular Hbond substituents is 1. The van der Waals surface area contributed by atoms with Crippen LogP contribution < -0.4 is 20.8 Å². The second-order valence-electron chi connectivity index (χ2n) is 9.40. The Kier molecular flexibility index (Phi) is 9.12. The summed E-state index contributed by atoms with van der Waals surface area (Å²) in [5.41, 5.74) is -0.0230. The zero-order valence-corrected chi connectivity index (χ0v) is 25.0. The largest absolute Gasteiger partial charge is 0.508 e. The highest BCUT2D eigenvalue weighted by atomic mass is 35.5. The van der Waals surface area contributed by atoms with E-state index in [1.165, 1.54) is 64.9 Å². The van der Waals surface area contributed by atoms with Crippen molar-refractivity contribution in [2.75, 3.05) is 18.1 Å². The molecule has 2 aliphatic rings. The van der Waals surface area contributed by atoms with Gasteiger partial charge in [-0.3, -0.25) is 24.1 Å². The zero-order valence-electron chi connectivity index (χ0n) is 22.6. The Morgan fingerprint density at radius 2 is 2.00 bits per heavy atom. The molecule has 4 heterocycles. The van der Waals surface area contributed by atoms with Gasteiger partial charge in [0.25, 0.3) is 11.8 Å². The van der Waals surface area contributed by atoms with Crippen LogP contribution in [0.5, 0.6) is 11.5 Å². The van der Waals surface area contributed by atoms with E-state index in [-0.39, 0.29) is 39.3 Å². The first-order valence-electron chi connectivity index (χ1n) is 12.7. The summed E-state index contributed by atoms with van der Waals surface area (Å²) in [7, 11) is 1.65. The number of hydrogen-bond acceptors (Lipinski definition) is 12. The Balaban J connectivity index is 1.29. The van der Waals surface area contributed by atoms with Crippen molar-refractivity contribution in [2.24, 2.45) is 7.05 Å². The lowest BCUT2D eigenvalue weighted by Crippen LogP contribution is -2.71. The summed E-state index contributed by atoms with van der Waals surface area (Å²) >= 11 is 8.28. The Labute approximate surface area is 261 Å². The van der Waals surface area contributed by atoms with Gasteiger partial charge in [0, 0.05) is 30.9 Å². The molecule has 0 bridgehead atoms. The van der Waals surface area contributed by atoms with E-state index in [4.69, 9.17) is 16.3 Å². The number of carboxylic acid groups (broad SMARTS) is 1. The molecule has 0 aliphatic carbocycles. The number of aryl methyl sites for hydroxylation is 1. The van der Waals surface area contributed by atoms with Crippen LogP contribution in [0.4, 0.5) is 0 Å². The molecule has 230 valence electrons. The summed E-state index contributed by atoms with van der Waals surface area (Å²) < 4.78 is 6.70. The maximum Gasteiger partial charge on any atom is 0.352 e. The fourth-order valence-corrected chi connectivity index (χ4v) is 6.88. The van der Waals surface area contributed by atoms with E-state index in [0.717, 1.165) is 4.90 Å². The van der Waals surface area contributed by atoms with E-state index in [2.05, 4.69) is 31.1 Å². The number of tetrazole rings is 1. The highest BCUT2D eigenvalue weighted by molar-refractivity contribution is 8.01. The monoisotopic (exact) mass is 662 g/mol. The molecule has 2 aliphatic heterocycles. The first-order valence-corrected chi connectivity index (χ1v) is 15.1. The number of rotatable bonds is 11. The third-order valence-corrected chi connectivity index (χ3v) is 9.24. The predicted octanol–water partition coefficient (Wildman–Crippen LogP) is 0.0246. The van der Waals surface area contributed by atoms with Crippen molar-refractivity contribution in [3.05, 3.63) is 68.7 Å². The Morgan fingerprint density at radius 1 is 1.25 bits per heavy atom. The molecule has 5 rings (SSSR count). The third-order valence-electron chi connectivity index (χ3n) is 6.52. The molecule has 5 N–H and O–H groups in total.